The van der Waals surface area contributed by atoms with E-state index in [0.717, 1.165) is 36.3 Å². The smallest absolute Gasteiger partial charge is 0.246 e. The second-order valence-corrected chi connectivity index (χ2v) is 7.49. The van der Waals surface area contributed by atoms with E-state index in [1.165, 1.54) is 0 Å². The van der Waals surface area contributed by atoms with Gasteiger partial charge in [-0.25, -0.2) is 0 Å². The van der Waals surface area contributed by atoms with Crippen molar-refractivity contribution >= 4 is 29.3 Å². The number of rotatable bonds is 5. The van der Waals surface area contributed by atoms with Crippen molar-refractivity contribution in [3.8, 4) is 11.4 Å². The molecule has 0 radical (unpaired) electrons. The molecule has 30 heavy (non-hydrogen) atoms. The van der Waals surface area contributed by atoms with E-state index < -0.39 is 0 Å². The van der Waals surface area contributed by atoms with Gasteiger partial charge in [-0.3, -0.25) is 4.79 Å². The van der Waals surface area contributed by atoms with Crippen molar-refractivity contribution in [2.24, 2.45) is 0 Å². The van der Waals surface area contributed by atoms with Gasteiger partial charge in [0, 0.05) is 54.9 Å². The summed E-state index contributed by atoms with van der Waals surface area (Å²) >= 11 is 6.14. The molecule has 0 unspecified atom stereocenters. The van der Waals surface area contributed by atoms with E-state index in [4.69, 9.17) is 16.1 Å². The fourth-order valence-corrected chi connectivity index (χ4v) is 3.60. The summed E-state index contributed by atoms with van der Waals surface area (Å²) in [6.07, 6.45) is 4.10. The van der Waals surface area contributed by atoms with Crippen LogP contribution in [0.4, 0.5) is 5.69 Å². The fourth-order valence-electron chi connectivity index (χ4n) is 3.40. The zero-order valence-corrected chi connectivity index (χ0v) is 17.5. The Labute approximate surface area is 180 Å². The highest BCUT2D eigenvalue weighted by atomic mass is 35.5. The summed E-state index contributed by atoms with van der Waals surface area (Å²) in [5.74, 6) is 1.26. The lowest BCUT2D eigenvalue weighted by Gasteiger charge is -2.35. The summed E-state index contributed by atoms with van der Waals surface area (Å²) in [7, 11) is 0. The Morgan fingerprint density at radius 1 is 1.10 bits per heavy atom. The van der Waals surface area contributed by atoms with Crippen LogP contribution < -0.4 is 4.90 Å². The first-order chi connectivity index (χ1) is 14.6. The largest absolute Gasteiger partial charge is 0.368 e. The molecule has 4 rings (SSSR count). The fraction of sp³-hybridized carbons (Fsp3) is 0.261. The Hall–Kier alpha value is -3.12. The first-order valence-corrected chi connectivity index (χ1v) is 10.4. The maximum absolute atomic E-state index is 12.5. The van der Waals surface area contributed by atoms with Crippen molar-refractivity contribution < 1.29 is 9.32 Å². The minimum atomic E-state index is 0.00810. The highest BCUT2D eigenvalue weighted by molar-refractivity contribution is 6.32. The van der Waals surface area contributed by atoms with Gasteiger partial charge in [0.2, 0.25) is 17.6 Å². The number of aryl methyl sites for hydroxylation is 1. The number of halogens is 1. The van der Waals surface area contributed by atoms with Crippen molar-refractivity contribution in [1.29, 1.82) is 0 Å². The van der Waals surface area contributed by atoms with Crippen LogP contribution in [-0.4, -0.2) is 47.1 Å². The van der Waals surface area contributed by atoms with Crippen molar-refractivity contribution in [2.75, 3.05) is 31.1 Å². The topological polar surface area (TPSA) is 62.5 Å². The molecule has 0 N–H and O–H groups in total. The van der Waals surface area contributed by atoms with Crippen molar-refractivity contribution in [2.45, 2.75) is 13.3 Å². The van der Waals surface area contributed by atoms with Crippen LogP contribution >= 0.6 is 11.6 Å². The summed E-state index contributed by atoms with van der Waals surface area (Å²) < 4.78 is 5.18. The molecule has 2 heterocycles. The number of nitrogens with zero attached hydrogens (tertiary/aromatic N) is 4. The number of hydrogen-bond donors (Lipinski definition) is 0. The molecule has 0 atom stereocenters. The van der Waals surface area contributed by atoms with E-state index >= 15 is 0 Å². The van der Waals surface area contributed by atoms with Gasteiger partial charge < -0.3 is 14.3 Å². The Balaban J connectivity index is 1.34. The number of carbonyl (C=O) groups excluding carboxylic acids is 1. The number of hydrogen-bond acceptors (Lipinski definition) is 5. The van der Waals surface area contributed by atoms with E-state index in [0.29, 0.717) is 29.8 Å². The third-order valence-corrected chi connectivity index (χ3v) is 5.51. The minimum Gasteiger partial charge on any atom is -0.368 e. The van der Waals surface area contributed by atoms with Crippen molar-refractivity contribution in [3.63, 3.8) is 0 Å². The second kappa shape index (κ2) is 9.13. The van der Waals surface area contributed by atoms with Gasteiger partial charge in [0.15, 0.2) is 0 Å². The maximum atomic E-state index is 12.5. The highest BCUT2D eigenvalue weighted by Gasteiger charge is 2.20. The number of anilines is 1. The summed E-state index contributed by atoms with van der Waals surface area (Å²) in [5.41, 5.74) is 2.90. The molecule has 1 amide bonds. The molecule has 0 saturated carbocycles. The lowest BCUT2D eigenvalue weighted by molar-refractivity contribution is -0.126. The standard InChI is InChI=1S/C23H23ClN4O2/c1-2-21-25-23(26-30-21)18-7-10-19(11-8-18)27-13-15-28(16-14-27)22(29)12-9-17-5-3-4-6-20(17)24/h3-12H,2,13-16H2,1H3/b12-9+. The monoisotopic (exact) mass is 422 g/mol. The Bertz CT molecular complexity index is 1040. The molecular formula is C23H23ClN4O2. The first kappa shape index (κ1) is 20.2. The zero-order valence-electron chi connectivity index (χ0n) is 16.8. The van der Waals surface area contributed by atoms with E-state index in [1.807, 2.05) is 48.2 Å². The third kappa shape index (κ3) is 4.54. The molecule has 0 aliphatic carbocycles. The lowest BCUT2D eigenvalue weighted by atomic mass is 10.1. The van der Waals surface area contributed by atoms with Gasteiger partial charge in [0.05, 0.1) is 0 Å². The van der Waals surface area contributed by atoms with Gasteiger partial charge in [-0.2, -0.15) is 4.98 Å². The summed E-state index contributed by atoms with van der Waals surface area (Å²) in [4.78, 5) is 21.0. The third-order valence-electron chi connectivity index (χ3n) is 5.16. The molecule has 1 fully saturated rings. The van der Waals surface area contributed by atoms with Crippen LogP contribution in [0.25, 0.3) is 17.5 Å². The van der Waals surface area contributed by atoms with E-state index in [9.17, 15) is 4.79 Å². The number of piperazine rings is 1. The van der Waals surface area contributed by atoms with Crippen molar-refractivity contribution in [3.05, 3.63) is 71.1 Å². The summed E-state index contributed by atoms with van der Waals surface area (Å²) in [5, 5.41) is 4.66. The van der Waals surface area contributed by atoms with Crippen LogP contribution in [0.2, 0.25) is 5.02 Å². The number of amides is 1. The lowest BCUT2D eigenvalue weighted by Crippen LogP contribution is -2.48. The number of benzene rings is 2. The molecule has 1 aromatic heterocycles. The molecule has 6 nitrogen and oxygen atoms in total. The van der Waals surface area contributed by atoms with Gasteiger partial charge in [-0.05, 0) is 42.0 Å². The molecule has 0 spiro atoms. The van der Waals surface area contributed by atoms with Crippen LogP contribution in [0.5, 0.6) is 0 Å². The molecule has 1 aliphatic rings. The number of aromatic nitrogens is 2. The molecule has 1 saturated heterocycles. The molecule has 3 aromatic rings. The molecule has 154 valence electrons. The molecule has 1 aliphatic heterocycles. The molecule has 0 bridgehead atoms. The van der Waals surface area contributed by atoms with Gasteiger partial charge >= 0.3 is 0 Å². The molecule has 2 aromatic carbocycles. The van der Waals surface area contributed by atoms with Crippen LogP contribution in [-0.2, 0) is 11.2 Å². The average Bonchev–Trinajstić information content (AvgIpc) is 3.28. The Morgan fingerprint density at radius 2 is 1.83 bits per heavy atom. The minimum absolute atomic E-state index is 0.00810. The molecule has 7 heteroatoms. The van der Waals surface area contributed by atoms with E-state index in [-0.39, 0.29) is 5.91 Å². The normalized spacial score (nSPS) is 14.5. The van der Waals surface area contributed by atoms with Crippen LogP contribution in [0.15, 0.2) is 59.1 Å². The quantitative estimate of drug-likeness (QED) is 0.573. The predicted molar refractivity (Wildman–Crippen MR) is 118 cm³/mol. The van der Waals surface area contributed by atoms with Gasteiger partial charge in [0.1, 0.15) is 0 Å². The number of carbonyl (C=O) groups is 1. The van der Waals surface area contributed by atoms with Gasteiger partial charge in [-0.15, -0.1) is 0 Å². The van der Waals surface area contributed by atoms with Crippen LogP contribution in [0.1, 0.15) is 18.4 Å². The molecular weight excluding hydrogens is 400 g/mol. The summed E-state index contributed by atoms with van der Waals surface area (Å²) in [6.45, 7) is 4.91. The van der Waals surface area contributed by atoms with Crippen LogP contribution in [0, 0.1) is 0 Å². The summed E-state index contributed by atoms with van der Waals surface area (Å²) in [6, 6.07) is 15.6. The van der Waals surface area contributed by atoms with Gasteiger partial charge in [-0.1, -0.05) is 41.9 Å². The average molecular weight is 423 g/mol. The second-order valence-electron chi connectivity index (χ2n) is 7.08. The predicted octanol–water partition coefficient (Wildman–Crippen LogP) is 4.31. The Morgan fingerprint density at radius 3 is 2.50 bits per heavy atom. The zero-order chi connectivity index (χ0) is 20.9. The van der Waals surface area contributed by atoms with Crippen LogP contribution in [0.3, 0.4) is 0 Å². The van der Waals surface area contributed by atoms with Crippen molar-refractivity contribution in [1.82, 2.24) is 15.0 Å². The highest BCUT2D eigenvalue weighted by Crippen LogP contribution is 2.23. The van der Waals surface area contributed by atoms with Gasteiger partial charge in [0.25, 0.3) is 0 Å². The van der Waals surface area contributed by atoms with E-state index in [1.54, 1.807) is 12.2 Å². The maximum Gasteiger partial charge on any atom is 0.246 e. The first-order valence-electron chi connectivity index (χ1n) is 10.0. The van der Waals surface area contributed by atoms with E-state index in [2.05, 4.69) is 27.2 Å². The Kier molecular flexibility index (Phi) is 6.14. The SMILES string of the molecule is CCc1nc(-c2ccc(N3CCN(C(=O)/C=C/c4ccccc4Cl)CC3)cc2)no1.